The molecule has 2 aromatic carbocycles. The number of hydrogen-bond acceptors (Lipinski definition) is 3. The molecule has 0 saturated heterocycles. The zero-order valence-electron chi connectivity index (χ0n) is 12.0. The van der Waals surface area contributed by atoms with Gasteiger partial charge in [-0.2, -0.15) is 0 Å². The maximum atomic E-state index is 14.1. The Morgan fingerprint density at radius 3 is 2.32 bits per heavy atom. The van der Waals surface area contributed by atoms with Crippen molar-refractivity contribution in [3.63, 3.8) is 0 Å². The van der Waals surface area contributed by atoms with Gasteiger partial charge in [0.05, 0.1) is 11.4 Å². The Morgan fingerprint density at radius 2 is 1.64 bits per heavy atom. The van der Waals surface area contributed by atoms with Crippen molar-refractivity contribution in [3.8, 4) is 22.5 Å². The minimum absolute atomic E-state index is 0.206. The molecule has 4 heteroatoms. The number of rotatable bonds is 3. The highest BCUT2D eigenvalue weighted by molar-refractivity contribution is 5.75. The van der Waals surface area contributed by atoms with Crippen LogP contribution >= 0.6 is 0 Å². The van der Waals surface area contributed by atoms with Crippen LogP contribution in [0.4, 0.5) is 10.1 Å². The number of halogens is 1. The van der Waals surface area contributed by atoms with Gasteiger partial charge in [-0.05, 0) is 18.2 Å². The van der Waals surface area contributed by atoms with Gasteiger partial charge in [-0.1, -0.05) is 42.5 Å². The lowest BCUT2D eigenvalue weighted by molar-refractivity contribution is 0.630. The van der Waals surface area contributed by atoms with Gasteiger partial charge >= 0.3 is 0 Å². The molecule has 1 heterocycles. The SMILES string of the molecule is NCc1c(N)cc(-c2ccccc2)nc1-c1ccccc1F. The normalized spacial score (nSPS) is 10.6. The van der Waals surface area contributed by atoms with Crippen LogP contribution in [0.3, 0.4) is 0 Å². The van der Waals surface area contributed by atoms with Gasteiger partial charge in [0.1, 0.15) is 5.82 Å². The van der Waals surface area contributed by atoms with E-state index in [9.17, 15) is 4.39 Å². The molecule has 1 aromatic heterocycles. The van der Waals surface area contributed by atoms with E-state index in [0.29, 0.717) is 28.2 Å². The highest BCUT2D eigenvalue weighted by Gasteiger charge is 2.15. The van der Waals surface area contributed by atoms with E-state index in [-0.39, 0.29) is 12.4 Å². The average molecular weight is 293 g/mol. The summed E-state index contributed by atoms with van der Waals surface area (Å²) < 4.78 is 14.1. The molecule has 22 heavy (non-hydrogen) atoms. The molecule has 0 radical (unpaired) electrons. The lowest BCUT2D eigenvalue weighted by Crippen LogP contribution is -2.07. The minimum atomic E-state index is -0.339. The van der Waals surface area contributed by atoms with Crippen LogP contribution in [-0.4, -0.2) is 4.98 Å². The second-order valence-corrected chi connectivity index (χ2v) is 4.97. The Balaban J connectivity index is 2.25. The molecule has 0 bridgehead atoms. The van der Waals surface area contributed by atoms with Gasteiger partial charge in [0.2, 0.25) is 0 Å². The number of nitrogens with two attached hydrogens (primary N) is 2. The summed E-state index contributed by atoms with van der Waals surface area (Å²) in [7, 11) is 0. The van der Waals surface area contributed by atoms with E-state index < -0.39 is 0 Å². The maximum absolute atomic E-state index is 14.1. The fourth-order valence-corrected chi connectivity index (χ4v) is 2.44. The number of hydrogen-bond donors (Lipinski definition) is 2. The van der Waals surface area contributed by atoms with Gasteiger partial charge in [-0.15, -0.1) is 0 Å². The summed E-state index contributed by atoms with van der Waals surface area (Å²) in [5.74, 6) is -0.339. The fourth-order valence-electron chi connectivity index (χ4n) is 2.44. The van der Waals surface area contributed by atoms with E-state index >= 15 is 0 Å². The topological polar surface area (TPSA) is 64.9 Å². The number of benzene rings is 2. The lowest BCUT2D eigenvalue weighted by Gasteiger charge is -2.13. The summed E-state index contributed by atoms with van der Waals surface area (Å²) in [6.45, 7) is 0.206. The first kappa shape index (κ1) is 14.2. The summed E-state index contributed by atoms with van der Waals surface area (Å²) in [5.41, 5.74) is 15.6. The molecule has 0 amide bonds. The molecule has 0 fully saturated rings. The number of nitrogens with zero attached hydrogens (tertiary/aromatic N) is 1. The highest BCUT2D eigenvalue weighted by atomic mass is 19.1. The molecule has 3 aromatic rings. The molecule has 0 saturated carbocycles. The molecule has 0 atom stereocenters. The second-order valence-electron chi connectivity index (χ2n) is 4.97. The van der Waals surface area contributed by atoms with Crippen LogP contribution < -0.4 is 11.5 Å². The molecule has 0 unspecified atom stereocenters. The van der Waals surface area contributed by atoms with E-state index in [1.54, 1.807) is 24.3 Å². The Morgan fingerprint density at radius 1 is 0.955 bits per heavy atom. The van der Waals surface area contributed by atoms with E-state index in [1.165, 1.54) is 6.07 Å². The monoisotopic (exact) mass is 293 g/mol. The van der Waals surface area contributed by atoms with Crippen LogP contribution in [0.2, 0.25) is 0 Å². The zero-order valence-corrected chi connectivity index (χ0v) is 12.0. The summed E-state index contributed by atoms with van der Waals surface area (Å²) in [6.07, 6.45) is 0. The van der Waals surface area contributed by atoms with Crippen LogP contribution in [-0.2, 0) is 6.54 Å². The van der Waals surface area contributed by atoms with Crippen molar-refractivity contribution in [2.75, 3.05) is 5.73 Å². The van der Waals surface area contributed by atoms with Crippen LogP contribution in [0.15, 0.2) is 60.7 Å². The third-order valence-electron chi connectivity index (χ3n) is 3.56. The Labute approximate surface area is 128 Å². The first-order chi connectivity index (χ1) is 10.7. The number of pyridine rings is 1. The molecule has 0 aliphatic carbocycles. The first-order valence-electron chi connectivity index (χ1n) is 7.00. The van der Waals surface area contributed by atoms with Gasteiger partial charge < -0.3 is 11.5 Å². The van der Waals surface area contributed by atoms with E-state index in [0.717, 1.165) is 5.56 Å². The van der Waals surface area contributed by atoms with E-state index in [1.807, 2.05) is 30.3 Å². The van der Waals surface area contributed by atoms with Gasteiger partial charge in [0, 0.05) is 28.9 Å². The largest absolute Gasteiger partial charge is 0.398 e. The Hall–Kier alpha value is -2.72. The number of nitrogen functional groups attached to an aromatic ring is 1. The first-order valence-corrected chi connectivity index (χ1v) is 7.00. The molecular formula is C18H16FN3. The molecule has 110 valence electrons. The fraction of sp³-hybridized carbons (Fsp3) is 0.0556. The van der Waals surface area contributed by atoms with Crippen molar-refractivity contribution in [1.29, 1.82) is 0 Å². The number of anilines is 1. The van der Waals surface area contributed by atoms with Crippen LogP contribution in [0.1, 0.15) is 5.56 Å². The lowest BCUT2D eigenvalue weighted by atomic mass is 10.0. The van der Waals surface area contributed by atoms with Crippen molar-refractivity contribution in [2.24, 2.45) is 5.73 Å². The molecular weight excluding hydrogens is 277 g/mol. The second kappa shape index (κ2) is 5.95. The highest BCUT2D eigenvalue weighted by Crippen LogP contribution is 2.31. The summed E-state index contributed by atoms with van der Waals surface area (Å²) in [6, 6.07) is 17.9. The molecule has 0 aliphatic rings. The quantitative estimate of drug-likeness (QED) is 0.775. The van der Waals surface area contributed by atoms with Gasteiger partial charge in [0.25, 0.3) is 0 Å². The minimum Gasteiger partial charge on any atom is -0.398 e. The van der Waals surface area contributed by atoms with Gasteiger partial charge in [-0.3, -0.25) is 0 Å². The summed E-state index contributed by atoms with van der Waals surface area (Å²) in [4.78, 5) is 4.61. The van der Waals surface area contributed by atoms with Gasteiger partial charge in [0.15, 0.2) is 0 Å². The van der Waals surface area contributed by atoms with Crippen LogP contribution in [0.25, 0.3) is 22.5 Å². The van der Waals surface area contributed by atoms with Crippen molar-refractivity contribution in [2.45, 2.75) is 6.54 Å². The smallest absolute Gasteiger partial charge is 0.132 e. The zero-order chi connectivity index (χ0) is 15.5. The molecule has 3 nitrogen and oxygen atoms in total. The summed E-state index contributed by atoms with van der Waals surface area (Å²) >= 11 is 0. The predicted octanol–water partition coefficient (Wildman–Crippen LogP) is 3.60. The maximum Gasteiger partial charge on any atom is 0.132 e. The molecule has 0 aliphatic heterocycles. The third-order valence-corrected chi connectivity index (χ3v) is 3.56. The number of aromatic nitrogens is 1. The molecule has 4 N–H and O–H groups in total. The average Bonchev–Trinajstić information content (AvgIpc) is 2.55. The van der Waals surface area contributed by atoms with Gasteiger partial charge in [-0.25, -0.2) is 9.37 Å². The van der Waals surface area contributed by atoms with Crippen LogP contribution in [0.5, 0.6) is 0 Å². The third kappa shape index (κ3) is 2.56. The van der Waals surface area contributed by atoms with Crippen molar-refractivity contribution < 1.29 is 4.39 Å². The predicted molar refractivity (Wildman–Crippen MR) is 87.4 cm³/mol. The summed E-state index contributed by atoms with van der Waals surface area (Å²) in [5, 5.41) is 0. The van der Waals surface area contributed by atoms with Crippen molar-refractivity contribution in [1.82, 2.24) is 4.98 Å². The van der Waals surface area contributed by atoms with E-state index in [4.69, 9.17) is 11.5 Å². The van der Waals surface area contributed by atoms with Crippen molar-refractivity contribution in [3.05, 3.63) is 72.0 Å². The molecule has 0 spiro atoms. The molecule has 3 rings (SSSR count). The Bertz CT molecular complexity index is 801. The van der Waals surface area contributed by atoms with E-state index in [2.05, 4.69) is 4.98 Å². The Kier molecular flexibility index (Phi) is 3.85. The standard InChI is InChI=1S/C18H16FN3/c19-15-9-5-4-8-13(15)18-14(11-20)16(21)10-17(22-18)12-6-2-1-3-7-12/h1-10H,11,20H2,(H2,21,22). The van der Waals surface area contributed by atoms with Crippen LogP contribution in [0, 0.1) is 5.82 Å². The van der Waals surface area contributed by atoms with Crippen molar-refractivity contribution >= 4 is 5.69 Å².